The summed E-state index contributed by atoms with van der Waals surface area (Å²) >= 11 is 0. The third kappa shape index (κ3) is 5.89. The van der Waals surface area contributed by atoms with E-state index in [2.05, 4.69) is 16.4 Å². The molecule has 2 aromatic heterocycles. The Kier molecular flexibility index (Phi) is 8.61. The van der Waals surface area contributed by atoms with Crippen molar-refractivity contribution in [1.29, 1.82) is 5.26 Å². The molecule has 1 amide bonds. The minimum absolute atomic E-state index is 0.0457. The number of benzene rings is 1. The molecule has 222 valence electrons. The van der Waals surface area contributed by atoms with Crippen molar-refractivity contribution in [1.82, 2.24) is 19.7 Å². The minimum Gasteiger partial charge on any atom is -0.463 e. The third-order valence-corrected chi connectivity index (χ3v) is 7.73. The van der Waals surface area contributed by atoms with Gasteiger partial charge >= 0.3 is 5.97 Å². The normalized spacial score (nSPS) is 20.8. The summed E-state index contributed by atoms with van der Waals surface area (Å²) in [6, 6.07) is 9.38. The molecule has 2 aliphatic heterocycles. The summed E-state index contributed by atoms with van der Waals surface area (Å²) in [5.74, 6) is 0.0640. The van der Waals surface area contributed by atoms with Crippen LogP contribution in [0, 0.1) is 24.2 Å². The van der Waals surface area contributed by atoms with Gasteiger partial charge in [-0.05, 0) is 55.5 Å². The summed E-state index contributed by atoms with van der Waals surface area (Å²) in [5, 5.41) is 18.2. The van der Waals surface area contributed by atoms with Crippen molar-refractivity contribution < 1.29 is 23.8 Å². The number of esters is 1. The summed E-state index contributed by atoms with van der Waals surface area (Å²) in [5.41, 5.74) is 1.35. The van der Waals surface area contributed by atoms with E-state index in [1.165, 1.54) is 0 Å². The van der Waals surface area contributed by atoms with E-state index in [-0.39, 0.29) is 30.4 Å². The molecular formula is C30H36N6O6. The first-order valence-electron chi connectivity index (χ1n) is 14.2. The van der Waals surface area contributed by atoms with Crippen molar-refractivity contribution in [3.8, 4) is 6.07 Å². The molecule has 42 heavy (non-hydrogen) atoms. The van der Waals surface area contributed by atoms with Crippen molar-refractivity contribution in [2.45, 2.75) is 51.7 Å². The Balaban J connectivity index is 1.43. The first kappa shape index (κ1) is 29.3. The average Bonchev–Trinajstić information content (AvgIpc) is 3.36. The number of nitriles is 1. The minimum atomic E-state index is -0.889. The van der Waals surface area contributed by atoms with E-state index >= 15 is 0 Å². The van der Waals surface area contributed by atoms with Crippen LogP contribution in [0.1, 0.15) is 49.0 Å². The zero-order chi connectivity index (χ0) is 29.9. The highest BCUT2D eigenvalue weighted by Gasteiger charge is 2.42. The lowest BCUT2D eigenvalue weighted by molar-refractivity contribution is -0.166. The van der Waals surface area contributed by atoms with Crippen LogP contribution < -0.4 is 10.9 Å². The van der Waals surface area contributed by atoms with E-state index in [1.807, 2.05) is 26.8 Å². The number of carbonyl (C=O) groups is 2. The number of carbonyl (C=O) groups excluding carboxylic acids is 2. The van der Waals surface area contributed by atoms with Gasteiger partial charge in [-0.3, -0.25) is 14.3 Å². The van der Waals surface area contributed by atoms with Gasteiger partial charge in [-0.2, -0.15) is 10.4 Å². The number of nitrogens with zero attached hydrogens (tertiary/aromatic N) is 4. The summed E-state index contributed by atoms with van der Waals surface area (Å²) in [7, 11) is 0. The summed E-state index contributed by atoms with van der Waals surface area (Å²) < 4.78 is 18.4. The van der Waals surface area contributed by atoms with Gasteiger partial charge in [0, 0.05) is 30.5 Å². The van der Waals surface area contributed by atoms with E-state index in [0.29, 0.717) is 73.7 Å². The maximum atomic E-state index is 13.0. The molecule has 0 aliphatic carbocycles. The number of pyridine rings is 1. The predicted molar refractivity (Wildman–Crippen MR) is 155 cm³/mol. The number of aromatic nitrogens is 3. The molecule has 2 unspecified atom stereocenters. The number of nitrogens with one attached hydrogen (secondary N) is 2. The summed E-state index contributed by atoms with van der Waals surface area (Å²) in [4.78, 5) is 43.1. The molecule has 2 saturated heterocycles. The average molecular weight is 577 g/mol. The Labute approximate surface area is 243 Å². The Morgan fingerprint density at radius 2 is 2.07 bits per heavy atom. The van der Waals surface area contributed by atoms with Gasteiger partial charge in [0.25, 0.3) is 11.5 Å². The first-order chi connectivity index (χ1) is 20.2. The van der Waals surface area contributed by atoms with Crippen molar-refractivity contribution in [2.75, 3.05) is 44.8 Å². The van der Waals surface area contributed by atoms with E-state index in [0.717, 1.165) is 5.56 Å². The number of morpholine rings is 1. The summed E-state index contributed by atoms with van der Waals surface area (Å²) in [6.45, 7) is 8.32. The maximum Gasteiger partial charge on any atom is 0.335 e. The number of fused-ring (bicyclic) bond motifs is 1. The molecule has 5 rings (SSSR count). The first-order valence-corrected chi connectivity index (χ1v) is 14.2. The maximum absolute atomic E-state index is 13.0. The zero-order valence-corrected chi connectivity index (χ0v) is 24.1. The monoisotopic (exact) mass is 576 g/mol. The quantitative estimate of drug-likeness (QED) is 0.385. The largest absolute Gasteiger partial charge is 0.463 e. The van der Waals surface area contributed by atoms with E-state index < -0.39 is 17.6 Å². The second-order valence-electron chi connectivity index (χ2n) is 11.3. The number of aromatic amines is 1. The number of aryl methyl sites for hydroxylation is 1. The fraction of sp³-hybridized carbons (Fsp3) is 0.500. The van der Waals surface area contributed by atoms with Crippen LogP contribution in [-0.4, -0.2) is 77.2 Å². The fourth-order valence-electron chi connectivity index (χ4n) is 5.45. The van der Waals surface area contributed by atoms with Gasteiger partial charge in [0.15, 0.2) is 11.9 Å². The molecule has 0 bridgehead atoms. The van der Waals surface area contributed by atoms with Crippen LogP contribution in [0.25, 0.3) is 10.9 Å². The highest BCUT2D eigenvalue weighted by Crippen LogP contribution is 2.37. The third-order valence-electron chi connectivity index (χ3n) is 7.73. The van der Waals surface area contributed by atoms with Gasteiger partial charge < -0.3 is 29.4 Å². The van der Waals surface area contributed by atoms with E-state index in [4.69, 9.17) is 19.3 Å². The molecule has 1 aromatic carbocycles. The molecule has 2 N–H and O–H groups in total. The van der Waals surface area contributed by atoms with Crippen LogP contribution in [-0.2, 0) is 24.5 Å². The number of rotatable bonds is 8. The van der Waals surface area contributed by atoms with Gasteiger partial charge in [-0.25, -0.2) is 4.79 Å². The van der Waals surface area contributed by atoms with Crippen LogP contribution >= 0.6 is 0 Å². The number of amides is 1. The predicted octanol–water partition coefficient (Wildman–Crippen LogP) is 3.24. The van der Waals surface area contributed by atoms with Gasteiger partial charge in [0.2, 0.25) is 0 Å². The van der Waals surface area contributed by atoms with Crippen molar-refractivity contribution in [2.24, 2.45) is 5.92 Å². The summed E-state index contributed by atoms with van der Waals surface area (Å²) in [6.07, 6.45) is 1.67. The highest BCUT2D eigenvalue weighted by atomic mass is 16.6. The molecule has 4 heterocycles. The molecule has 2 atom stereocenters. The molecule has 3 aromatic rings. The van der Waals surface area contributed by atoms with Gasteiger partial charge in [-0.15, -0.1) is 0 Å². The van der Waals surface area contributed by atoms with E-state index in [1.54, 1.807) is 34.0 Å². The lowest BCUT2D eigenvalue weighted by Crippen LogP contribution is -2.47. The van der Waals surface area contributed by atoms with E-state index in [9.17, 15) is 19.6 Å². The van der Waals surface area contributed by atoms with Crippen molar-refractivity contribution in [3.05, 3.63) is 51.9 Å². The second kappa shape index (κ2) is 12.3. The standard InChI is InChI=1S/C30H36N6O6/c1-19(2)17-41-29(39)24-6-8-30(9-10-31,18-42-24)36-23-7-11-32-27(37)25(23)26(34-36)33-21-4-5-22(20(3)16-21)28(38)35-12-14-40-15-13-35/h4-5,7,11,16,19,24H,6,8-9,12-15,17-18H2,1-3H3,(H,32,37)(H,33,34). The fourth-order valence-corrected chi connectivity index (χ4v) is 5.45. The number of hydrogen-bond acceptors (Lipinski definition) is 9. The SMILES string of the molecule is Cc1cc(Nc2nn(C3(CC#N)CCC(C(=O)OCC(C)C)OC3)c3cc[nH]c(=O)c23)ccc1C(=O)N1CCOCC1. The number of hydrogen-bond donors (Lipinski definition) is 2. The van der Waals surface area contributed by atoms with Crippen LogP contribution in [0.15, 0.2) is 35.3 Å². The molecule has 2 fully saturated rings. The van der Waals surface area contributed by atoms with Gasteiger partial charge in [0.05, 0.1) is 50.0 Å². The Bertz CT molecular complexity index is 1560. The van der Waals surface area contributed by atoms with Gasteiger partial charge in [-0.1, -0.05) is 13.8 Å². The number of ether oxygens (including phenoxy) is 3. The number of H-pyrrole nitrogens is 1. The zero-order valence-electron chi connectivity index (χ0n) is 24.1. The Morgan fingerprint density at radius 1 is 1.29 bits per heavy atom. The van der Waals surface area contributed by atoms with Gasteiger partial charge in [0.1, 0.15) is 5.39 Å². The van der Waals surface area contributed by atoms with Crippen LogP contribution in [0.4, 0.5) is 11.5 Å². The Morgan fingerprint density at radius 3 is 2.74 bits per heavy atom. The van der Waals surface area contributed by atoms with Crippen LogP contribution in [0.2, 0.25) is 0 Å². The number of anilines is 2. The smallest absolute Gasteiger partial charge is 0.335 e. The highest BCUT2D eigenvalue weighted by molar-refractivity contribution is 5.97. The van der Waals surface area contributed by atoms with Crippen molar-refractivity contribution >= 4 is 34.3 Å². The van der Waals surface area contributed by atoms with Crippen LogP contribution in [0.3, 0.4) is 0 Å². The van der Waals surface area contributed by atoms with Crippen LogP contribution in [0.5, 0.6) is 0 Å². The van der Waals surface area contributed by atoms with Crippen molar-refractivity contribution in [3.63, 3.8) is 0 Å². The Hall–Kier alpha value is -4.21. The lowest BCUT2D eigenvalue weighted by atomic mass is 9.87. The lowest BCUT2D eigenvalue weighted by Gasteiger charge is -2.38. The molecule has 0 saturated carbocycles. The molecule has 12 nitrogen and oxygen atoms in total. The molecule has 12 heteroatoms. The molecule has 0 spiro atoms. The molecule has 2 aliphatic rings. The topological polar surface area (TPSA) is 152 Å². The molecular weight excluding hydrogens is 540 g/mol. The second-order valence-corrected chi connectivity index (χ2v) is 11.3. The molecule has 0 radical (unpaired) electrons.